The van der Waals surface area contributed by atoms with Gasteiger partial charge >= 0.3 is 5.97 Å². The molecule has 0 aliphatic heterocycles. The van der Waals surface area contributed by atoms with E-state index in [2.05, 4.69) is 20.6 Å². The lowest BCUT2D eigenvalue weighted by atomic mass is 10.2. The minimum absolute atomic E-state index is 0.336. The lowest BCUT2D eigenvalue weighted by Crippen LogP contribution is -2.10. The van der Waals surface area contributed by atoms with Gasteiger partial charge in [-0.25, -0.2) is 14.8 Å². The van der Waals surface area contributed by atoms with Gasteiger partial charge in [0.2, 0.25) is 0 Å². The molecule has 0 atom stereocenters. The van der Waals surface area contributed by atoms with Crippen molar-refractivity contribution in [1.29, 1.82) is 0 Å². The van der Waals surface area contributed by atoms with Crippen molar-refractivity contribution in [2.45, 2.75) is 6.92 Å². The van der Waals surface area contributed by atoms with E-state index in [0.29, 0.717) is 42.8 Å². The lowest BCUT2D eigenvalue weighted by molar-refractivity contribution is 0.0526. The highest BCUT2D eigenvalue weighted by Gasteiger charge is 2.09. The van der Waals surface area contributed by atoms with Crippen molar-refractivity contribution >= 4 is 23.3 Å². The normalized spacial score (nSPS) is 10.4. The molecular formula is C22H24N4O3. The molecule has 29 heavy (non-hydrogen) atoms. The van der Waals surface area contributed by atoms with Gasteiger partial charge in [0, 0.05) is 31.0 Å². The van der Waals surface area contributed by atoms with E-state index in [1.807, 2.05) is 48.5 Å². The van der Waals surface area contributed by atoms with E-state index >= 15 is 0 Å². The van der Waals surface area contributed by atoms with E-state index < -0.39 is 0 Å². The number of hydrogen-bond donors (Lipinski definition) is 2. The quantitative estimate of drug-likeness (QED) is 0.418. The van der Waals surface area contributed by atoms with Gasteiger partial charge in [0.1, 0.15) is 11.6 Å². The number of benzene rings is 2. The molecule has 1 heterocycles. The first-order chi connectivity index (χ1) is 14.2. The number of anilines is 3. The third-order valence-electron chi connectivity index (χ3n) is 4.04. The Morgan fingerprint density at radius 2 is 1.72 bits per heavy atom. The van der Waals surface area contributed by atoms with Gasteiger partial charge in [0.15, 0.2) is 5.82 Å². The highest BCUT2D eigenvalue weighted by molar-refractivity contribution is 5.89. The van der Waals surface area contributed by atoms with Crippen molar-refractivity contribution in [1.82, 2.24) is 9.97 Å². The van der Waals surface area contributed by atoms with Gasteiger partial charge < -0.3 is 20.1 Å². The molecule has 0 aliphatic carbocycles. The maximum atomic E-state index is 11.8. The first-order valence-corrected chi connectivity index (χ1v) is 9.41. The van der Waals surface area contributed by atoms with E-state index in [4.69, 9.17) is 9.47 Å². The second-order valence-corrected chi connectivity index (χ2v) is 6.17. The third kappa shape index (κ3) is 5.76. The highest BCUT2D eigenvalue weighted by Crippen LogP contribution is 2.23. The van der Waals surface area contributed by atoms with Gasteiger partial charge in [0.25, 0.3) is 0 Å². The third-order valence-corrected chi connectivity index (χ3v) is 4.04. The molecular weight excluding hydrogens is 368 g/mol. The Morgan fingerprint density at radius 3 is 2.41 bits per heavy atom. The molecule has 0 saturated heterocycles. The summed E-state index contributed by atoms with van der Waals surface area (Å²) in [6.45, 7) is 3.34. The summed E-state index contributed by atoms with van der Waals surface area (Å²) in [6, 6.07) is 18.7. The molecule has 2 N–H and O–H groups in total. The van der Waals surface area contributed by atoms with Crippen molar-refractivity contribution in [3.63, 3.8) is 0 Å². The molecule has 0 radical (unpaired) electrons. The van der Waals surface area contributed by atoms with Gasteiger partial charge in [-0.1, -0.05) is 30.3 Å². The molecule has 0 amide bonds. The van der Waals surface area contributed by atoms with Crippen molar-refractivity contribution in [2.24, 2.45) is 0 Å². The van der Waals surface area contributed by atoms with Crippen LogP contribution in [0.2, 0.25) is 0 Å². The number of ether oxygens (including phenoxy) is 2. The zero-order chi connectivity index (χ0) is 20.5. The van der Waals surface area contributed by atoms with Crippen LogP contribution in [-0.2, 0) is 9.47 Å². The fourth-order valence-electron chi connectivity index (χ4n) is 2.65. The van der Waals surface area contributed by atoms with Crippen LogP contribution in [0.4, 0.5) is 17.3 Å². The van der Waals surface area contributed by atoms with Crippen molar-refractivity contribution in [3.05, 3.63) is 66.2 Å². The molecule has 0 spiro atoms. The molecule has 3 aromatic rings. The Kier molecular flexibility index (Phi) is 7.13. The molecule has 0 bridgehead atoms. The zero-order valence-electron chi connectivity index (χ0n) is 16.5. The van der Waals surface area contributed by atoms with Crippen LogP contribution in [-0.4, -0.2) is 42.8 Å². The number of carbonyl (C=O) groups excluding carboxylic acids is 1. The molecule has 1 aromatic heterocycles. The van der Waals surface area contributed by atoms with Crippen molar-refractivity contribution in [3.8, 4) is 11.4 Å². The van der Waals surface area contributed by atoms with Gasteiger partial charge in [-0.2, -0.15) is 0 Å². The second-order valence-electron chi connectivity index (χ2n) is 6.17. The molecule has 0 fully saturated rings. The summed E-state index contributed by atoms with van der Waals surface area (Å²) in [7, 11) is 1.66. The zero-order valence-corrected chi connectivity index (χ0v) is 16.5. The Morgan fingerprint density at radius 1 is 1.00 bits per heavy atom. The van der Waals surface area contributed by atoms with E-state index in [9.17, 15) is 4.79 Å². The summed E-state index contributed by atoms with van der Waals surface area (Å²) >= 11 is 0. The van der Waals surface area contributed by atoms with Crippen molar-refractivity contribution < 1.29 is 14.3 Å². The number of rotatable bonds is 9. The number of aromatic nitrogens is 2. The van der Waals surface area contributed by atoms with E-state index in [1.54, 1.807) is 26.2 Å². The lowest BCUT2D eigenvalue weighted by Gasteiger charge is -2.12. The summed E-state index contributed by atoms with van der Waals surface area (Å²) in [5, 5.41) is 6.51. The summed E-state index contributed by atoms with van der Waals surface area (Å²) in [5.41, 5.74) is 2.23. The highest BCUT2D eigenvalue weighted by atomic mass is 16.5. The van der Waals surface area contributed by atoms with Crippen LogP contribution in [0.15, 0.2) is 60.7 Å². The number of hydrogen-bond acceptors (Lipinski definition) is 7. The molecule has 0 aliphatic rings. The first kappa shape index (κ1) is 20.3. The molecule has 2 aromatic carbocycles. The SMILES string of the molecule is CCOC(=O)c1ccc(Nc2cc(NCCOC)nc(-c3ccccc3)n2)cc1. The average molecular weight is 392 g/mol. The topological polar surface area (TPSA) is 85.4 Å². The number of carbonyl (C=O) groups is 1. The minimum Gasteiger partial charge on any atom is -0.462 e. The average Bonchev–Trinajstić information content (AvgIpc) is 2.75. The van der Waals surface area contributed by atoms with Crippen LogP contribution in [0.5, 0.6) is 0 Å². The minimum atomic E-state index is -0.336. The maximum absolute atomic E-state index is 11.8. The Balaban J connectivity index is 1.83. The van der Waals surface area contributed by atoms with Gasteiger partial charge in [-0.15, -0.1) is 0 Å². The summed E-state index contributed by atoms with van der Waals surface area (Å²) in [5.74, 6) is 1.61. The summed E-state index contributed by atoms with van der Waals surface area (Å²) in [6.07, 6.45) is 0. The molecule has 3 rings (SSSR count). The fraction of sp³-hybridized carbons (Fsp3) is 0.227. The van der Waals surface area contributed by atoms with Gasteiger partial charge in [0.05, 0.1) is 18.8 Å². The standard InChI is InChI=1S/C22H24N4O3/c1-3-29-22(27)17-9-11-18(12-10-17)24-20-15-19(23-13-14-28-2)25-21(26-20)16-7-5-4-6-8-16/h4-12,15H,3,13-14H2,1-2H3,(H2,23,24,25,26). The van der Waals surface area contributed by atoms with Crippen LogP contribution in [0.1, 0.15) is 17.3 Å². The summed E-state index contributed by atoms with van der Waals surface area (Å²) < 4.78 is 10.1. The number of nitrogens with one attached hydrogen (secondary N) is 2. The van der Waals surface area contributed by atoms with Crippen LogP contribution >= 0.6 is 0 Å². The predicted octanol–water partition coefficient (Wildman–Crippen LogP) is 4.12. The van der Waals surface area contributed by atoms with E-state index in [-0.39, 0.29) is 5.97 Å². The smallest absolute Gasteiger partial charge is 0.338 e. The molecule has 7 nitrogen and oxygen atoms in total. The van der Waals surface area contributed by atoms with Gasteiger partial charge in [-0.3, -0.25) is 0 Å². The molecule has 0 unspecified atom stereocenters. The molecule has 7 heteroatoms. The first-order valence-electron chi connectivity index (χ1n) is 9.41. The Hall–Kier alpha value is -3.45. The number of esters is 1. The molecule has 0 saturated carbocycles. The monoisotopic (exact) mass is 392 g/mol. The van der Waals surface area contributed by atoms with Crippen LogP contribution in [0.3, 0.4) is 0 Å². The van der Waals surface area contributed by atoms with Crippen molar-refractivity contribution in [2.75, 3.05) is 37.5 Å². The Bertz CT molecular complexity index is 931. The van der Waals surface area contributed by atoms with Gasteiger partial charge in [-0.05, 0) is 31.2 Å². The second kappa shape index (κ2) is 10.2. The Labute approximate surface area is 170 Å². The fourth-order valence-corrected chi connectivity index (χ4v) is 2.65. The largest absolute Gasteiger partial charge is 0.462 e. The molecule has 150 valence electrons. The predicted molar refractivity (Wildman–Crippen MR) is 114 cm³/mol. The van der Waals surface area contributed by atoms with Crippen LogP contribution < -0.4 is 10.6 Å². The van der Waals surface area contributed by atoms with E-state index in [0.717, 1.165) is 11.3 Å². The number of methoxy groups -OCH3 is 1. The van der Waals surface area contributed by atoms with Crippen LogP contribution in [0.25, 0.3) is 11.4 Å². The number of nitrogens with zero attached hydrogens (tertiary/aromatic N) is 2. The maximum Gasteiger partial charge on any atom is 0.338 e. The van der Waals surface area contributed by atoms with E-state index in [1.165, 1.54) is 0 Å². The van der Waals surface area contributed by atoms with Crippen LogP contribution in [0, 0.1) is 0 Å². The summed E-state index contributed by atoms with van der Waals surface area (Å²) in [4.78, 5) is 21.0.